The van der Waals surface area contributed by atoms with Crippen LogP contribution in [0.15, 0.2) is 75.4 Å². The SMILES string of the molecule is CS(=O)(=O)c1ccc2[nH]ccc(=O)c2c1.Cc1ccc2[nH]ccc(=O)c2c1. The molecule has 0 atom stereocenters. The molecule has 0 amide bonds. The normalized spacial score (nSPS) is 11.2. The summed E-state index contributed by atoms with van der Waals surface area (Å²) in [6.45, 7) is 1.98. The van der Waals surface area contributed by atoms with Crippen LogP contribution in [0.1, 0.15) is 5.56 Å². The highest BCUT2D eigenvalue weighted by molar-refractivity contribution is 7.90. The van der Waals surface area contributed by atoms with Crippen LogP contribution < -0.4 is 10.9 Å². The summed E-state index contributed by atoms with van der Waals surface area (Å²) < 4.78 is 22.6. The van der Waals surface area contributed by atoms with E-state index in [2.05, 4.69) is 9.97 Å². The summed E-state index contributed by atoms with van der Waals surface area (Å²) in [4.78, 5) is 28.8. The number of hydrogen-bond acceptors (Lipinski definition) is 4. The van der Waals surface area contributed by atoms with Gasteiger partial charge in [0.15, 0.2) is 20.7 Å². The Bertz CT molecular complexity index is 1350. The van der Waals surface area contributed by atoms with Crippen molar-refractivity contribution < 1.29 is 8.42 Å². The first-order valence-electron chi connectivity index (χ1n) is 8.15. The molecule has 0 radical (unpaired) electrons. The fourth-order valence-electron chi connectivity index (χ4n) is 2.67. The molecule has 7 heteroatoms. The fraction of sp³-hybridized carbons (Fsp3) is 0.100. The number of aromatic nitrogens is 2. The minimum absolute atomic E-state index is 0.0763. The van der Waals surface area contributed by atoms with Crippen molar-refractivity contribution in [3.8, 4) is 0 Å². The predicted molar refractivity (Wildman–Crippen MR) is 107 cm³/mol. The van der Waals surface area contributed by atoms with Crippen LogP contribution in [0.25, 0.3) is 21.8 Å². The van der Waals surface area contributed by atoms with Gasteiger partial charge in [-0.1, -0.05) is 11.6 Å². The number of sulfone groups is 1. The summed E-state index contributed by atoms with van der Waals surface area (Å²) >= 11 is 0. The van der Waals surface area contributed by atoms with Crippen molar-refractivity contribution in [2.24, 2.45) is 0 Å². The second-order valence-corrected chi connectivity index (χ2v) is 8.23. The maximum Gasteiger partial charge on any atom is 0.189 e. The average molecular weight is 382 g/mol. The van der Waals surface area contributed by atoms with Crippen molar-refractivity contribution in [3.63, 3.8) is 0 Å². The number of rotatable bonds is 1. The van der Waals surface area contributed by atoms with Crippen molar-refractivity contribution in [2.45, 2.75) is 11.8 Å². The van der Waals surface area contributed by atoms with E-state index in [4.69, 9.17) is 0 Å². The van der Waals surface area contributed by atoms with Crippen molar-refractivity contribution in [3.05, 3.63) is 86.9 Å². The quantitative estimate of drug-likeness (QED) is 0.529. The van der Waals surface area contributed by atoms with Crippen molar-refractivity contribution in [2.75, 3.05) is 6.26 Å². The van der Waals surface area contributed by atoms with E-state index in [1.54, 1.807) is 18.3 Å². The van der Waals surface area contributed by atoms with Crippen molar-refractivity contribution in [1.29, 1.82) is 0 Å². The Morgan fingerprint density at radius 1 is 0.741 bits per heavy atom. The Balaban J connectivity index is 0.000000159. The fourth-order valence-corrected chi connectivity index (χ4v) is 3.31. The highest BCUT2D eigenvalue weighted by Gasteiger charge is 2.08. The van der Waals surface area contributed by atoms with Crippen LogP contribution in [-0.2, 0) is 9.84 Å². The summed E-state index contributed by atoms with van der Waals surface area (Å²) in [6, 6.07) is 13.2. The van der Waals surface area contributed by atoms with Gasteiger partial charge in [0.1, 0.15) is 0 Å². The summed E-state index contributed by atoms with van der Waals surface area (Å²) in [5.74, 6) is 0. The molecular weight excluding hydrogens is 364 g/mol. The smallest absolute Gasteiger partial charge is 0.189 e. The molecule has 0 saturated carbocycles. The second kappa shape index (κ2) is 7.20. The third kappa shape index (κ3) is 4.15. The van der Waals surface area contributed by atoms with Gasteiger partial charge in [0.05, 0.1) is 4.90 Å². The molecule has 0 bridgehead atoms. The molecule has 0 aliphatic heterocycles. The van der Waals surface area contributed by atoms with Crippen LogP contribution >= 0.6 is 0 Å². The largest absolute Gasteiger partial charge is 0.361 e. The molecular formula is C20H18N2O4S. The molecule has 0 fully saturated rings. The van der Waals surface area contributed by atoms with Gasteiger partial charge in [0.25, 0.3) is 0 Å². The van der Waals surface area contributed by atoms with Gasteiger partial charge >= 0.3 is 0 Å². The molecule has 0 aliphatic rings. The molecule has 4 rings (SSSR count). The lowest BCUT2D eigenvalue weighted by atomic mass is 10.1. The zero-order chi connectivity index (χ0) is 19.6. The van der Waals surface area contributed by atoms with E-state index in [-0.39, 0.29) is 15.8 Å². The number of aryl methyl sites for hydroxylation is 1. The van der Waals surface area contributed by atoms with Gasteiger partial charge in [-0.3, -0.25) is 9.59 Å². The standard InChI is InChI=1S/C10H9NO3S.C10H9NO/c1-15(13,14)7-2-3-9-8(6-7)10(12)4-5-11-9;1-7-2-3-9-8(6-7)10(12)4-5-11-9/h2-6H,1H3,(H,11,12);2-6H,1H3,(H,11,12). The van der Waals surface area contributed by atoms with Gasteiger partial charge in [0.2, 0.25) is 0 Å². The molecule has 2 heterocycles. The van der Waals surface area contributed by atoms with Crippen molar-refractivity contribution >= 4 is 31.6 Å². The van der Waals surface area contributed by atoms with Crippen molar-refractivity contribution in [1.82, 2.24) is 9.97 Å². The van der Waals surface area contributed by atoms with Crippen LogP contribution in [0.5, 0.6) is 0 Å². The second-order valence-electron chi connectivity index (χ2n) is 6.21. The van der Waals surface area contributed by atoms with Gasteiger partial charge in [0, 0.05) is 52.6 Å². The molecule has 0 unspecified atom stereocenters. The lowest BCUT2D eigenvalue weighted by Crippen LogP contribution is -2.03. The molecule has 0 aliphatic carbocycles. The Kier molecular flexibility index (Phi) is 4.96. The minimum Gasteiger partial charge on any atom is -0.361 e. The number of aromatic amines is 2. The van der Waals surface area contributed by atoms with Gasteiger partial charge in [-0.15, -0.1) is 0 Å². The monoisotopic (exact) mass is 382 g/mol. The molecule has 2 aromatic carbocycles. The molecule has 0 saturated heterocycles. The average Bonchev–Trinajstić information content (AvgIpc) is 2.62. The third-order valence-corrected chi connectivity index (χ3v) is 5.18. The summed E-state index contributed by atoms with van der Waals surface area (Å²) in [7, 11) is -3.26. The number of hydrogen-bond donors (Lipinski definition) is 2. The lowest BCUT2D eigenvalue weighted by molar-refractivity contribution is 0.602. The first-order valence-corrected chi connectivity index (χ1v) is 10.0. The highest BCUT2D eigenvalue weighted by Crippen LogP contribution is 2.14. The lowest BCUT2D eigenvalue weighted by Gasteiger charge is -2.00. The van der Waals surface area contributed by atoms with Gasteiger partial charge in [-0.25, -0.2) is 8.42 Å². The van der Waals surface area contributed by atoms with E-state index < -0.39 is 9.84 Å². The number of pyridine rings is 2. The number of H-pyrrole nitrogens is 2. The van der Waals surface area contributed by atoms with E-state index in [1.807, 2.05) is 25.1 Å². The van der Waals surface area contributed by atoms with Crippen LogP contribution in [0.4, 0.5) is 0 Å². The van der Waals surface area contributed by atoms with E-state index in [0.717, 1.165) is 22.7 Å². The number of nitrogens with one attached hydrogen (secondary N) is 2. The molecule has 0 spiro atoms. The molecule has 6 nitrogen and oxygen atoms in total. The first-order chi connectivity index (χ1) is 12.8. The Morgan fingerprint density at radius 3 is 1.81 bits per heavy atom. The van der Waals surface area contributed by atoms with E-state index in [9.17, 15) is 18.0 Å². The van der Waals surface area contributed by atoms with Crippen LogP contribution in [0.2, 0.25) is 0 Å². The van der Waals surface area contributed by atoms with E-state index >= 15 is 0 Å². The molecule has 2 aromatic heterocycles. The molecule has 2 N–H and O–H groups in total. The van der Waals surface area contributed by atoms with Crippen LogP contribution in [-0.4, -0.2) is 24.6 Å². The first kappa shape index (κ1) is 18.6. The Morgan fingerprint density at radius 2 is 1.26 bits per heavy atom. The summed E-state index contributed by atoms with van der Waals surface area (Å²) in [5.41, 5.74) is 2.53. The Hall–Kier alpha value is -3.19. The number of benzene rings is 2. The zero-order valence-corrected chi connectivity index (χ0v) is 15.6. The Labute approximate surface area is 155 Å². The van der Waals surface area contributed by atoms with Gasteiger partial charge < -0.3 is 9.97 Å². The minimum atomic E-state index is -3.26. The van der Waals surface area contributed by atoms with E-state index in [1.165, 1.54) is 24.4 Å². The summed E-state index contributed by atoms with van der Waals surface area (Å²) in [5, 5.41) is 1.15. The van der Waals surface area contributed by atoms with Gasteiger partial charge in [-0.05, 0) is 37.3 Å². The zero-order valence-electron chi connectivity index (χ0n) is 14.8. The van der Waals surface area contributed by atoms with Crippen LogP contribution in [0, 0.1) is 6.92 Å². The van der Waals surface area contributed by atoms with Gasteiger partial charge in [-0.2, -0.15) is 0 Å². The van der Waals surface area contributed by atoms with E-state index in [0.29, 0.717) is 10.9 Å². The highest BCUT2D eigenvalue weighted by atomic mass is 32.2. The molecule has 4 aromatic rings. The molecule has 27 heavy (non-hydrogen) atoms. The predicted octanol–water partition coefficient (Wildman–Crippen LogP) is 2.77. The maximum absolute atomic E-state index is 11.4. The maximum atomic E-state index is 11.4. The number of fused-ring (bicyclic) bond motifs is 2. The third-order valence-electron chi connectivity index (χ3n) is 4.07. The topological polar surface area (TPSA) is 99.9 Å². The summed E-state index contributed by atoms with van der Waals surface area (Å²) in [6.07, 6.45) is 4.32. The van der Waals surface area contributed by atoms with Crippen LogP contribution in [0.3, 0.4) is 0 Å². The molecule has 138 valence electrons.